The number of carboxylic acids is 1. The van der Waals surface area contributed by atoms with Crippen molar-refractivity contribution in [3.05, 3.63) is 29.8 Å². The number of benzene rings is 1. The van der Waals surface area contributed by atoms with E-state index in [4.69, 9.17) is 0 Å². The molecule has 1 N–H and O–H groups in total. The van der Waals surface area contributed by atoms with Crippen molar-refractivity contribution >= 4 is 17.6 Å². The highest BCUT2D eigenvalue weighted by atomic mass is 16.4. The highest BCUT2D eigenvalue weighted by Crippen LogP contribution is 2.32. The van der Waals surface area contributed by atoms with Crippen LogP contribution in [-0.2, 0) is 16.0 Å². The molecule has 2 atom stereocenters. The smallest absolute Gasteiger partial charge is 0.310 e. The molecule has 0 spiro atoms. The maximum Gasteiger partial charge on any atom is 0.310 e. The summed E-state index contributed by atoms with van der Waals surface area (Å²) in [5.74, 6) is -0.705. The molecule has 1 saturated heterocycles. The minimum absolute atomic E-state index is 0.0688. The van der Waals surface area contributed by atoms with E-state index in [1.807, 2.05) is 28.0 Å². The van der Waals surface area contributed by atoms with Crippen molar-refractivity contribution in [2.45, 2.75) is 39.2 Å². The lowest BCUT2D eigenvalue weighted by atomic mass is 9.90. The zero-order valence-electron chi connectivity index (χ0n) is 13.8. The lowest BCUT2D eigenvalue weighted by molar-refractivity contribution is -0.147. The largest absolute Gasteiger partial charge is 0.481 e. The molecule has 2 unspecified atom stereocenters. The van der Waals surface area contributed by atoms with Gasteiger partial charge in [-0.15, -0.1) is 0 Å². The highest BCUT2D eigenvalue weighted by Gasteiger charge is 2.41. The average Bonchev–Trinajstić information content (AvgIpc) is 2.89. The van der Waals surface area contributed by atoms with Crippen LogP contribution in [0.4, 0.5) is 5.69 Å². The van der Waals surface area contributed by atoms with Gasteiger partial charge in [-0.2, -0.15) is 0 Å². The Kier molecular flexibility index (Phi) is 4.15. The summed E-state index contributed by atoms with van der Waals surface area (Å²) in [7, 11) is 0. The summed E-state index contributed by atoms with van der Waals surface area (Å²) in [5, 5.41) is 9.32. The fourth-order valence-corrected chi connectivity index (χ4v) is 3.70. The van der Waals surface area contributed by atoms with Gasteiger partial charge in [0.2, 0.25) is 5.91 Å². The van der Waals surface area contributed by atoms with Crippen LogP contribution in [0.1, 0.15) is 32.3 Å². The van der Waals surface area contributed by atoms with Gasteiger partial charge in [-0.1, -0.05) is 18.2 Å². The first-order chi connectivity index (χ1) is 10.9. The van der Waals surface area contributed by atoms with Gasteiger partial charge in [0.15, 0.2) is 0 Å². The van der Waals surface area contributed by atoms with Crippen LogP contribution in [0, 0.1) is 5.41 Å². The quantitative estimate of drug-likeness (QED) is 0.928. The topological polar surface area (TPSA) is 60.9 Å². The first-order valence-electron chi connectivity index (χ1n) is 8.26. The molecule has 2 aliphatic rings. The molecule has 1 fully saturated rings. The van der Waals surface area contributed by atoms with E-state index in [1.54, 1.807) is 6.92 Å². The zero-order valence-corrected chi connectivity index (χ0v) is 13.8. The molecule has 0 saturated carbocycles. The molecule has 0 bridgehead atoms. The molecular formula is C18H24N2O3. The predicted octanol–water partition coefficient (Wildman–Crippen LogP) is 2.15. The third-order valence-corrected chi connectivity index (χ3v) is 5.22. The maximum atomic E-state index is 12.8. The van der Waals surface area contributed by atoms with E-state index in [9.17, 15) is 14.7 Å². The molecule has 0 radical (unpaired) electrons. The van der Waals surface area contributed by atoms with E-state index < -0.39 is 11.4 Å². The van der Waals surface area contributed by atoms with E-state index in [0.29, 0.717) is 26.1 Å². The van der Waals surface area contributed by atoms with E-state index in [1.165, 1.54) is 5.56 Å². The molecule has 2 heterocycles. The molecule has 0 aliphatic carbocycles. The molecule has 1 amide bonds. The van der Waals surface area contributed by atoms with Gasteiger partial charge in [-0.05, 0) is 51.3 Å². The van der Waals surface area contributed by atoms with Crippen LogP contribution in [0.15, 0.2) is 24.3 Å². The van der Waals surface area contributed by atoms with Crippen molar-refractivity contribution in [1.29, 1.82) is 0 Å². The first-order valence-corrected chi connectivity index (χ1v) is 8.26. The number of carbonyl (C=O) groups excluding carboxylic acids is 1. The summed E-state index contributed by atoms with van der Waals surface area (Å²) in [5.41, 5.74) is 1.50. The lowest BCUT2D eigenvalue weighted by Gasteiger charge is -2.36. The van der Waals surface area contributed by atoms with Gasteiger partial charge in [-0.3, -0.25) is 14.5 Å². The third kappa shape index (κ3) is 2.98. The molecule has 2 aliphatic heterocycles. The van der Waals surface area contributed by atoms with Crippen LogP contribution in [-0.4, -0.2) is 47.6 Å². The Morgan fingerprint density at radius 3 is 2.78 bits per heavy atom. The summed E-state index contributed by atoms with van der Waals surface area (Å²) in [4.78, 5) is 28.1. The van der Waals surface area contributed by atoms with Gasteiger partial charge < -0.3 is 10.0 Å². The SMILES string of the molecule is CC1CCc2ccccc2N1C(=O)CN1CCC(C)(C(=O)O)C1. The Hall–Kier alpha value is -1.88. The van der Waals surface area contributed by atoms with E-state index >= 15 is 0 Å². The minimum Gasteiger partial charge on any atom is -0.481 e. The first kappa shape index (κ1) is 16.0. The van der Waals surface area contributed by atoms with E-state index in [0.717, 1.165) is 18.5 Å². The Morgan fingerprint density at radius 2 is 2.09 bits per heavy atom. The van der Waals surface area contributed by atoms with Crippen LogP contribution >= 0.6 is 0 Å². The second-order valence-electron chi connectivity index (χ2n) is 7.11. The number of amides is 1. The molecule has 124 valence electrons. The van der Waals surface area contributed by atoms with Gasteiger partial charge in [0.1, 0.15) is 0 Å². The number of carboxylic acid groups (broad SMARTS) is 1. The number of aliphatic carboxylic acids is 1. The van der Waals surface area contributed by atoms with Crippen molar-refractivity contribution in [1.82, 2.24) is 4.90 Å². The number of aryl methyl sites for hydroxylation is 1. The second kappa shape index (κ2) is 5.96. The van der Waals surface area contributed by atoms with Crippen LogP contribution < -0.4 is 4.90 Å². The number of fused-ring (bicyclic) bond motifs is 1. The predicted molar refractivity (Wildman–Crippen MR) is 88.5 cm³/mol. The average molecular weight is 316 g/mol. The normalized spacial score (nSPS) is 27.7. The van der Waals surface area contributed by atoms with Crippen molar-refractivity contribution in [2.75, 3.05) is 24.5 Å². The van der Waals surface area contributed by atoms with Gasteiger partial charge in [0.25, 0.3) is 0 Å². The molecule has 0 aromatic heterocycles. The zero-order chi connectivity index (χ0) is 16.6. The van der Waals surface area contributed by atoms with Gasteiger partial charge in [-0.25, -0.2) is 0 Å². The fraction of sp³-hybridized carbons (Fsp3) is 0.556. The van der Waals surface area contributed by atoms with Gasteiger partial charge >= 0.3 is 5.97 Å². The summed E-state index contributed by atoms with van der Waals surface area (Å²) < 4.78 is 0. The van der Waals surface area contributed by atoms with Crippen LogP contribution in [0.2, 0.25) is 0 Å². The number of hydrogen-bond donors (Lipinski definition) is 1. The standard InChI is InChI=1S/C18H24N2O3/c1-13-7-8-14-5-3-4-6-15(14)20(13)16(21)11-19-10-9-18(2,12-19)17(22)23/h3-6,13H,7-12H2,1-2H3,(H,22,23). The van der Waals surface area contributed by atoms with Crippen molar-refractivity contribution in [3.63, 3.8) is 0 Å². The maximum absolute atomic E-state index is 12.8. The van der Waals surface area contributed by atoms with E-state index in [2.05, 4.69) is 13.0 Å². The van der Waals surface area contributed by atoms with Crippen molar-refractivity contribution in [3.8, 4) is 0 Å². The molecule has 1 aromatic rings. The van der Waals surface area contributed by atoms with Crippen molar-refractivity contribution in [2.24, 2.45) is 5.41 Å². The Balaban J connectivity index is 1.73. The highest BCUT2D eigenvalue weighted by molar-refractivity contribution is 5.96. The lowest BCUT2D eigenvalue weighted by Crippen LogP contribution is -2.47. The number of anilines is 1. The Labute approximate surface area is 136 Å². The minimum atomic E-state index is -0.774. The number of nitrogens with zero attached hydrogens (tertiary/aromatic N) is 2. The Morgan fingerprint density at radius 1 is 1.35 bits per heavy atom. The monoisotopic (exact) mass is 316 g/mol. The second-order valence-corrected chi connectivity index (χ2v) is 7.11. The van der Waals surface area contributed by atoms with Gasteiger partial charge in [0.05, 0.1) is 12.0 Å². The van der Waals surface area contributed by atoms with Crippen LogP contribution in [0.3, 0.4) is 0 Å². The summed E-state index contributed by atoms with van der Waals surface area (Å²) in [6.07, 6.45) is 2.57. The van der Waals surface area contributed by atoms with Gasteiger partial charge in [0, 0.05) is 18.3 Å². The third-order valence-electron chi connectivity index (χ3n) is 5.22. The number of likely N-dealkylation sites (tertiary alicyclic amines) is 1. The molecular weight excluding hydrogens is 292 g/mol. The summed E-state index contributed by atoms with van der Waals surface area (Å²) >= 11 is 0. The summed E-state index contributed by atoms with van der Waals surface area (Å²) in [6, 6.07) is 8.25. The van der Waals surface area contributed by atoms with Crippen LogP contribution in [0.25, 0.3) is 0 Å². The van der Waals surface area contributed by atoms with Crippen LogP contribution in [0.5, 0.6) is 0 Å². The molecule has 5 nitrogen and oxygen atoms in total. The Bertz CT molecular complexity index is 630. The molecule has 3 rings (SSSR count). The number of para-hydroxylation sites is 1. The molecule has 23 heavy (non-hydrogen) atoms. The number of carbonyl (C=O) groups is 2. The summed E-state index contributed by atoms with van der Waals surface area (Å²) in [6.45, 7) is 5.25. The van der Waals surface area contributed by atoms with Crippen molar-refractivity contribution < 1.29 is 14.7 Å². The number of hydrogen-bond acceptors (Lipinski definition) is 3. The van der Waals surface area contributed by atoms with E-state index in [-0.39, 0.29) is 11.9 Å². The number of rotatable bonds is 3. The fourth-order valence-electron chi connectivity index (χ4n) is 3.70. The molecule has 1 aromatic carbocycles. The molecule has 5 heteroatoms.